The molecule has 3 N–H and O–H groups in total. The highest BCUT2D eigenvalue weighted by Gasteiger charge is 2.39. The van der Waals surface area contributed by atoms with Crippen LogP contribution in [0.5, 0.6) is 0 Å². The Morgan fingerprint density at radius 2 is 2.00 bits per heavy atom. The third-order valence-electron chi connectivity index (χ3n) is 4.59. The number of aliphatic hydroxyl groups is 2. The van der Waals surface area contributed by atoms with E-state index in [4.69, 9.17) is 4.74 Å². The Labute approximate surface area is 120 Å². The third-order valence-corrected chi connectivity index (χ3v) is 4.59. The summed E-state index contributed by atoms with van der Waals surface area (Å²) in [6.07, 6.45) is 5.82. The molecule has 2 fully saturated rings. The van der Waals surface area contributed by atoms with E-state index in [1.54, 1.807) is 13.8 Å². The Morgan fingerprint density at radius 3 is 2.60 bits per heavy atom. The van der Waals surface area contributed by atoms with Crippen molar-refractivity contribution in [1.29, 1.82) is 0 Å². The first-order valence-corrected chi connectivity index (χ1v) is 7.74. The molecule has 0 aromatic carbocycles. The van der Waals surface area contributed by atoms with Crippen LogP contribution in [0, 0.1) is 5.92 Å². The summed E-state index contributed by atoms with van der Waals surface area (Å²) in [6.45, 7) is 3.13. The lowest BCUT2D eigenvalue weighted by Crippen LogP contribution is -2.42. The molecule has 0 unspecified atom stereocenters. The minimum Gasteiger partial charge on any atom is -0.444 e. The van der Waals surface area contributed by atoms with Crippen molar-refractivity contribution in [1.82, 2.24) is 5.32 Å². The van der Waals surface area contributed by atoms with Crippen LogP contribution in [-0.4, -0.2) is 40.2 Å². The van der Waals surface area contributed by atoms with Crippen molar-refractivity contribution in [2.75, 3.05) is 0 Å². The van der Waals surface area contributed by atoms with E-state index in [0.717, 1.165) is 6.42 Å². The zero-order chi connectivity index (χ0) is 14.8. The Balaban J connectivity index is 1.90. The molecule has 0 aromatic rings. The normalized spacial score (nSPS) is 29.9. The van der Waals surface area contributed by atoms with Crippen LogP contribution in [0.3, 0.4) is 0 Å². The Kier molecular flexibility index (Phi) is 4.91. The number of rotatable bonds is 5. The summed E-state index contributed by atoms with van der Waals surface area (Å²) in [7, 11) is 0. The number of carbonyl (C=O) groups is 1. The highest BCUT2D eigenvalue weighted by Crippen LogP contribution is 2.31. The van der Waals surface area contributed by atoms with E-state index >= 15 is 0 Å². The smallest absolute Gasteiger partial charge is 0.407 e. The predicted octanol–water partition coefficient (Wildman–Crippen LogP) is 1.96. The van der Waals surface area contributed by atoms with Gasteiger partial charge in [-0.3, -0.25) is 0 Å². The van der Waals surface area contributed by atoms with Gasteiger partial charge in [-0.05, 0) is 26.2 Å². The number of nitrogens with one attached hydrogen (secondary N) is 1. The number of carbonyl (C=O) groups excluding carboxylic acids is 1. The van der Waals surface area contributed by atoms with Gasteiger partial charge >= 0.3 is 6.09 Å². The number of hydrogen-bond donors (Lipinski definition) is 3. The predicted molar refractivity (Wildman–Crippen MR) is 75.3 cm³/mol. The zero-order valence-electron chi connectivity index (χ0n) is 12.5. The molecule has 3 atom stereocenters. The van der Waals surface area contributed by atoms with Crippen molar-refractivity contribution in [3.05, 3.63) is 0 Å². The van der Waals surface area contributed by atoms with E-state index in [0.29, 0.717) is 5.92 Å². The molecular weight excluding hydrogens is 258 g/mol. The molecule has 20 heavy (non-hydrogen) atoms. The monoisotopic (exact) mass is 285 g/mol. The van der Waals surface area contributed by atoms with Gasteiger partial charge in [0.05, 0.1) is 17.7 Å². The van der Waals surface area contributed by atoms with Crippen LogP contribution in [0.25, 0.3) is 0 Å². The van der Waals surface area contributed by atoms with Crippen molar-refractivity contribution in [3.8, 4) is 0 Å². The van der Waals surface area contributed by atoms with E-state index in [1.165, 1.54) is 32.1 Å². The Hall–Kier alpha value is -0.810. The average molecular weight is 285 g/mol. The molecule has 5 heteroatoms. The minimum atomic E-state index is -1.18. The summed E-state index contributed by atoms with van der Waals surface area (Å²) in [5.74, 6) is 0.637. The molecule has 1 aliphatic heterocycles. The van der Waals surface area contributed by atoms with Gasteiger partial charge in [0.25, 0.3) is 0 Å². The molecule has 1 saturated carbocycles. The summed E-state index contributed by atoms with van der Waals surface area (Å²) < 4.78 is 5.26. The molecule has 2 rings (SSSR count). The first-order chi connectivity index (χ1) is 9.36. The fraction of sp³-hybridized carbons (Fsp3) is 0.933. The topological polar surface area (TPSA) is 78.8 Å². The van der Waals surface area contributed by atoms with Crippen LogP contribution in [0.2, 0.25) is 0 Å². The molecule has 2 aliphatic rings. The number of alkyl carbamates (subject to hydrolysis) is 1. The molecule has 5 nitrogen and oxygen atoms in total. The highest BCUT2D eigenvalue weighted by atomic mass is 16.6. The summed E-state index contributed by atoms with van der Waals surface area (Å²) >= 11 is 0. The highest BCUT2D eigenvalue weighted by molar-refractivity contribution is 5.70. The zero-order valence-corrected chi connectivity index (χ0v) is 12.5. The molecule has 1 amide bonds. The Bertz CT molecular complexity index is 333. The van der Waals surface area contributed by atoms with Crippen molar-refractivity contribution >= 4 is 6.09 Å². The van der Waals surface area contributed by atoms with Crippen LogP contribution < -0.4 is 5.32 Å². The van der Waals surface area contributed by atoms with Gasteiger partial charge < -0.3 is 20.3 Å². The first kappa shape index (κ1) is 15.6. The molecule has 0 bridgehead atoms. The Morgan fingerprint density at radius 1 is 1.35 bits per heavy atom. The lowest BCUT2D eigenvalue weighted by molar-refractivity contribution is -0.0674. The third kappa shape index (κ3) is 4.09. The van der Waals surface area contributed by atoms with Gasteiger partial charge in [-0.2, -0.15) is 0 Å². The number of amides is 1. The molecule has 0 radical (unpaired) electrons. The quantitative estimate of drug-likeness (QED) is 0.721. The lowest BCUT2D eigenvalue weighted by atomic mass is 9.82. The van der Waals surface area contributed by atoms with Crippen LogP contribution in [0.15, 0.2) is 0 Å². The maximum Gasteiger partial charge on any atom is 0.407 e. The SMILES string of the molecule is CC(C)(O)[C@@H](O)C[C@@H]1OC(=O)N[C@H]1CC1CCCCC1. The van der Waals surface area contributed by atoms with Crippen molar-refractivity contribution < 1.29 is 19.7 Å². The van der Waals surface area contributed by atoms with Gasteiger partial charge in [-0.1, -0.05) is 32.1 Å². The second kappa shape index (κ2) is 6.31. The second-order valence-electron chi connectivity index (χ2n) is 6.84. The summed E-state index contributed by atoms with van der Waals surface area (Å²) in [4.78, 5) is 11.5. The van der Waals surface area contributed by atoms with E-state index in [1.807, 2.05) is 0 Å². The largest absolute Gasteiger partial charge is 0.444 e. The molecule has 1 saturated heterocycles. The fourth-order valence-electron chi connectivity index (χ4n) is 3.21. The standard InChI is InChI=1S/C15H27NO4/c1-15(2,19)13(17)9-12-11(16-14(18)20-12)8-10-6-4-3-5-7-10/h10-13,17,19H,3-9H2,1-2H3,(H,16,18)/t11-,12-,13-/m0/s1. The van der Waals surface area contributed by atoms with Gasteiger partial charge in [0.15, 0.2) is 0 Å². The summed E-state index contributed by atoms with van der Waals surface area (Å²) in [5, 5.41) is 22.7. The van der Waals surface area contributed by atoms with Crippen molar-refractivity contribution in [2.24, 2.45) is 5.92 Å². The maximum atomic E-state index is 11.5. The number of hydrogen-bond acceptors (Lipinski definition) is 4. The van der Waals surface area contributed by atoms with Crippen LogP contribution in [0.1, 0.15) is 58.8 Å². The molecule has 0 spiro atoms. The van der Waals surface area contributed by atoms with Gasteiger partial charge in [0, 0.05) is 6.42 Å². The number of aliphatic hydroxyl groups excluding tert-OH is 1. The molecule has 1 aliphatic carbocycles. The number of cyclic esters (lactones) is 1. The summed E-state index contributed by atoms with van der Waals surface area (Å²) in [6, 6.07) is -0.0393. The molecular formula is C15H27NO4. The van der Waals surface area contributed by atoms with Crippen LogP contribution in [-0.2, 0) is 4.74 Å². The average Bonchev–Trinajstić information content (AvgIpc) is 2.69. The van der Waals surface area contributed by atoms with Gasteiger partial charge in [0.2, 0.25) is 0 Å². The van der Waals surface area contributed by atoms with Crippen LogP contribution in [0.4, 0.5) is 4.79 Å². The van der Waals surface area contributed by atoms with Gasteiger partial charge in [-0.15, -0.1) is 0 Å². The van der Waals surface area contributed by atoms with Crippen molar-refractivity contribution in [2.45, 2.75) is 82.6 Å². The van der Waals surface area contributed by atoms with E-state index in [2.05, 4.69) is 5.32 Å². The molecule has 116 valence electrons. The van der Waals surface area contributed by atoms with Crippen molar-refractivity contribution in [3.63, 3.8) is 0 Å². The molecule has 0 aromatic heterocycles. The number of ether oxygens (including phenoxy) is 1. The first-order valence-electron chi connectivity index (χ1n) is 7.74. The maximum absolute atomic E-state index is 11.5. The molecule has 1 heterocycles. The van der Waals surface area contributed by atoms with Gasteiger partial charge in [0.1, 0.15) is 6.10 Å². The second-order valence-corrected chi connectivity index (χ2v) is 6.84. The van der Waals surface area contributed by atoms with Gasteiger partial charge in [-0.25, -0.2) is 4.79 Å². The van der Waals surface area contributed by atoms with E-state index in [9.17, 15) is 15.0 Å². The lowest BCUT2D eigenvalue weighted by Gasteiger charge is -2.29. The fourth-order valence-corrected chi connectivity index (χ4v) is 3.21. The van der Waals surface area contributed by atoms with E-state index < -0.39 is 17.8 Å². The van der Waals surface area contributed by atoms with E-state index in [-0.39, 0.29) is 18.6 Å². The minimum absolute atomic E-state index is 0.0393. The summed E-state index contributed by atoms with van der Waals surface area (Å²) in [5.41, 5.74) is -1.18. The van der Waals surface area contributed by atoms with Crippen LogP contribution >= 0.6 is 0 Å².